The molecule has 1 N–H and O–H groups in total. The fourth-order valence-electron chi connectivity index (χ4n) is 3.44. The van der Waals surface area contributed by atoms with Crippen molar-refractivity contribution in [3.63, 3.8) is 0 Å². The maximum atomic E-state index is 10.8. The molecule has 0 saturated heterocycles. The summed E-state index contributed by atoms with van der Waals surface area (Å²) in [5.74, 6) is 0.584. The van der Waals surface area contributed by atoms with Crippen LogP contribution in [0.25, 0.3) is 0 Å². The average Bonchev–Trinajstić information content (AvgIpc) is 2.42. The molecule has 0 radical (unpaired) electrons. The summed E-state index contributed by atoms with van der Waals surface area (Å²) in [6.45, 7) is 4.84. The standard InChI is InChI=1S/C17H24Cl2O2/c1-3-21-17(8-4-5-12(2)11-17)16(20)9-13-6-7-14(18)10-15(13)19/h6-7,10,12,16,20H,3-5,8-9,11H2,1-2H3. The Morgan fingerprint density at radius 1 is 1.43 bits per heavy atom. The number of hydrogen-bond donors (Lipinski definition) is 1. The summed E-state index contributed by atoms with van der Waals surface area (Å²) >= 11 is 12.2. The Balaban J connectivity index is 2.16. The Labute approximate surface area is 137 Å². The number of ether oxygens (including phenoxy) is 1. The number of benzene rings is 1. The van der Waals surface area contributed by atoms with Gasteiger partial charge < -0.3 is 9.84 Å². The first-order valence-corrected chi connectivity index (χ1v) is 8.48. The van der Waals surface area contributed by atoms with Crippen molar-refractivity contribution < 1.29 is 9.84 Å². The highest BCUT2D eigenvalue weighted by Gasteiger charge is 2.42. The molecule has 4 heteroatoms. The van der Waals surface area contributed by atoms with Crippen LogP contribution < -0.4 is 0 Å². The van der Waals surface area contributed by atoms with Crippen molar-refractivity contribution in [2.75, 3.05) is 6.61 Å². The molecule has 1 aromatic carbocycles. The minimum absolute atomic E-state index is 0.435. The molecule has 0 spiro atoms. The van der Waals surface area contributed by atoms with Crippen molar-refractivity contribution in [3.8, 4) is 0 Å². The SMILES string of the molecule is CCOC1(C(O)Cc2ccc(Cl)cc2Cl)CCCC(C)C1. The first kappa shape index (κ1) is 17.1. The smallest absolute Gasteiger partial charge is 0.0945 e. The predicted molar refractivity (Wildman–Crippen MR) is 88.2 cm³/mol. The first-order valence-electron chi connectivity index (χ1n) is 7.73. The van der Waals surface area contributed by atoms with Gasteiger partial charge in [-0.25, -0.2) is 0 Å². The molecule has 0 heterocycles. The largest absolute Gasteiger partial charge is 0.390 e. The first-order chi connectivity index (χ1) is 9.97. The minimum Gasteiger partial charge on any atom is -0.390 e. The molecule has 1 saturated carbocycles. The molecule has 0 aliphatic heterocycles. The molecular weight excluding hydrogens is 307 g/mol. The van der Waals surface area contributed by atoms with E-state index in [1.807, 2.05) is 19.1 Å². The van der Waals surface area contributed by atoms with Gasteiger partial charge in [-0.15, -0.1) is 0 Å². The van der Waals surface area contributed by atoms with Crippen LogP contribution in [-0.2, 0) is 11.2 Å². The Hall–Kier alpha value is -0.280. The predicted octanol–water partition coefficient (Wildman–Crippen LogP) is 4.88. The van der Waals surface area contributed by atoms with E-state index >= 15 is 0 Å². The van der Waals surface area contributed by atoms with Crippen LogP contribution in [0.3, 0.4) is 0 Å². The van der Waals surface area contributed by atoms with Crippen LogP contribution in [-0.4, -0.2) is 23.4 Å². The van der Waals surface area contributed by atoms with E-state index in [1.54, 1.807) is 6.07 Å². The molecule has 1 aliphatic rings. The van der Waals surface area contributed by atoms with Crippen molar-refractivity contribution >= 4 is 23.2 Å². The van der Waals surface area contributed by atoms with Crippen LogP contribution in [0.4, 0.5) is 0 Å². The maximum absolute atomic E-state index is 10.8. The van der Waals surface area contributed by atoms with Gasteiger partial charge in [0.25, 0.3) is 0 Å². The second-order valence-corrected chi connectivity index (χ2v) is 7.00. The van der Waals surface area contributed by atoms with E-state index in [1.165, 1.54) is 6.42 Å². The fourth-order valence-corrected chi connectivity index (χ4v) is 3.93. The summed E-state index contributed by atoms with van der Waals surface area (Å²) in [5, 5.41) is 12.0. The van der Waals surface area contributed by atoms with Gasteiger partial charge in [0, 0.05) is 23.1 Å². The lowest BCUT2D eigenvalue weighted by molar-refractivity contribution is -0.146. The van der Waals surface area contributed by atoms with Crippen LogP contribution in [0, 0.1) is 5.92 Å². The zero-order valence-electron chi connectivity index (χ0n) is 12.7. The van der Waals surface area contributed by atoms with Crippen molar-refractivity contribution in [2.24, 2.45) is 5.92 Å². The lowest BCUT2D eigenvalue weighted by Crippen LogP contribution is -2.49. The second kappa shape index (κ2) is 7.32. The quantitative estimate of drug-likeness (QED) is 0.833. The molecule has 21 heavy (non-hydrogen) atoms. The Morgan fingerprint density at radius 2 is 2.19 bits per heavy atom. The summed E-state index contributed by atoms with van der Waals surface area (Å²) < 4.78 is 6.02. The summed E-state index contributed by atoms with van der Waals surface area (Å²) in [4.78, 5) is 0. The van der Waals surface area contributed by atoms with E-state index in [4.69, 9.17) is 27.9 Å². The summed E-state index contributed by atoms with van der Waals surface area (Å²) in [5.41, 5.74) is 0.487. The fraction of sp³-hybridized carbons (Fsp3) is 0.647. The summed E-state index contributed by atoms with van der Waals surface area (Å²) in [6, 6.07) is 5.42. The highest BCUT2D eigenvalue weighted by molar-refractivity contribution is 6.35. The molecule has 0 aromatic heterocycles. The van der Waals surface area contributed by atoms with Crippen molar-refractivity contribution in [1.82, 2.24) is 0 Å². The van der Waals surface area contributed by atoms with Crippen molar-refractivity contribution in [1.29, 1.82) is 0 Å². The zero-order valence-corrected chi connectivity index (χ0v) is 14.3. The topological polar surface area (TPSA) is 29.5 Å². The Bertz CT molecular complexity index is 474. The molecular formula is C17H24Cl2O2. The Morgan fingerprint density at radius 3 is 2.81 bits per heavy atom. The number of rotatable bonds is 5. The maximum Gasteiger partial charge on any atom is 0.0945 e. The lowest BCUT2D eigenvalue weighted by Gasteiger charge is -2.43. The van der Waals surface area contributed by atoms with Crippen molar-refractivity contribution in [2.45, 2.75) is 57.7 Å². The van der Waals surface area contributed by atoms with Crippen LogP contribution in [0.2, 0.25) is 10.0 Å². The highest BCUT2D eigenvalue weighted by atomic mass is 35.5. The van der Waals surface area contributed by atoms with Gasteiger partial charge in [0.05, 0.1) is 11.7 Å². The van der Waals surface area contributed by atoms with E-state index in [0.29, 0.717) is 29.0 Å². The normalized spacial score (nSPS) is 27.6. The minimum atomic E-state index is -0.543. The third kappa shape index (κ3) is 4.13. The van der Waals surface area contributed by atoms with Gasteiger partial charge in [-0.05, 0) is 43.4 Å². The molecule has 1 aromatic rings. The summed E-state index contributed by atoms with van der Waals surface area (Å²) in [7, 11) is 0. The van der Waals surface area contributed by atoms with Crippen molar-refractivity contribution in [3.05, 3.63) is 33.8 Å². The van der Waals surface area contributed by atoms with Gasteiger partial charge in [-0.3, -0.25) is 0 Å². The highest BCUT2D eigenvalue weighted by Crippen LogP contribution is 2.39. The monoisotopic (exact) mass is 330 g/mol. The molecule has 1 fully saturated rings. The molecule has 1 aliphatic carbocycles. The van der Waals surface area contributed by atoms with Gasteiger partial charge in [0.1, 0.15) is 0 Å². The molecule has 3 unspecified atom stereocenters. The van der Waals surface area contributed by atoms with Crippen LogP contribution in [0.15, 0.2) is 18.2 Å². The van der Waals surface area contributed by atoms with Gasteiger partial charge in [-0.2, -0.15) is 0 Å². The molecule has 0 amide bonds. The zero-order chi connectivity index (χ0) is 15.5. The third-order valence-electron chi connectivity index (χ3n) is 4.46. The second-order valence-electron chi connectivity index (χ2n) is 6.15. The number of halogens is 2. The van der Waals surface area contributed by atoms with Gasteiger partial charge in [-0.1, -0.05) is 49.0 Å². The molecule has 3 atom stereocenters. The number of aliphatic hydroxyl groups is 1. The van der Waals surface area contributed by atoms with E-state index in [9.17, 15) is 5.11 Å². The molecule has 118 valence electrons. The van der Waals surface area contributed by atoms with E-state index in [-0.39, 0.29) is 0 Å². The molecule has 2 rings (SSSR count). The third-order valence-corrected chi connectivity index (χ3v) is 5.05. The van der Waals surface area contributed by atoms with Crippen LogP contribution in [0.5, 0.6) is 0 Å². The van der Waals surface area contributed by atoms with Gasteiger partial charge in [0.2, 0.25) is 0 Å². The number of aliphatic hydroxyl groups excluding tert-OH is 1. The Kier molecular flexibility index (Phi) is 5.96. The molecule has 2 nitrogen and oxygen atoms in total. The summed E-state index contributed by atoms with van der Waals surface area (Å²) in [6.07, 6.45) is 4.10. The lowest BCUT2D eigenvalue weighted by atomic mass is 9.74. The molecule has 0 bridgehead atoms. The van der Waals surface area contributed by atoms with E-state index in [0.717, 1.165) is 24.8 Å². The van der Waals surface area contributed by atoms with Gasteiger partial charge >= 0.3 is 0 Å². The van der Waals surface area contributed by atoms with E-state index < -0.39 is 11.7 Å². The van der Waals surface area contributed by atoms with Crippen LogP contribution in [0.1, 0.15) is 45.1 Å². The van der Waals surface area contributed by atoms with Crippen LogP contribution >= 0.6 is 23.2 Å². The number of hydrogen-bond acceptors (Lipinski definition) is 2. The van der Waals surface area contributed by atoms with Gasteiger partial charge in [0.15, 0.2) is 0 Å². The van der Waals surface area contributed by atoms with E-state index in [2.05, 4.69) is 6.92 Å². The average molecular weight is 331 g/mol.